The summed E-state index contributed by atoms with van der Waals surface area (Å²) in [7, 11) is 0. The van der Waals surface area contributed by atoms with Crippen molar-refractivity contribution in [3.05, 3.63) is 18.2 Å². The first kappa shape index (κ1) is 12.0. The molecule has 94 valence electrons. The van der Waals surface area contributed by atoms with Crippen LogP contribution >= 0.6 is 0 Å². The van der Waals surface area contributed by atoms with Gasteiger partial charge in [-0.3, -0.25) is 0 Å². The van der Waals surface area contributed by atoms with Crippen molar-refractivity contribution in [2.75, 3.05) is 31.6 Å². The Bertz CT molecular complexity index is 366. The van der Waals surface area contributed by atoms with Gasteiger partial charge in [0.05, 0.1) is 0 Å². The molecule has 1 aliphatic heterocycles. The largest absolute Gasteiger partial charge is 0.486 e. The predicted octanol–water partition coefficient (Wildman–Crippen LogP) is 1.87. The third kappa shape index (κ3) is 3.53. The highest BCUT2D eigenvalue weighted by Gasteiger charge is 2.11. The molecule has 1 aromatic carbocycles. The molecule has 0 fully saturated rings. The Morgan fingerprint density at radius 3 is 2.65 bits per heavy atom. The van der Waals surface area contributed by atoms with E-state index in [0.29, 0.717) is 19.3 Å². The minimum absolute atomic E-state index is 0.525. The van der Waals surface area contributed by atoms with Crippen LogP contribution < -0.4 is 20.1 Å². The summed E-state index contributed by atoms with van der Waals surface area (Å²) in [5.74, 6) is 1.67. The summed E-state index contributed by atoms with van der Waals surface area (Å²) in [6.45, 7) is 7.40. The first-order valence-corrected chi connectivity index (χ1v) is 6.12. The average molecular weight is 236 g/mol. The van der Waals surface area contributed by atoms with Gasteiger partial charge in [-0.05, 0) is 12.1 Å². The van der Waals surface area contributed by atoms with Gasteiger partial charge in [-0.15, -0.1) is 0 Å². The van der Waals surface area contributed by atoms with Crippen molar-refractivity contribution in [3.8, 4) is 11.5 Å². The number of anilines is 1. The second kappa shape index (κ2) is 5.77. The highest BCUT2D eigenvalue weighted by molar-refractivity contribution is 5.55. The molecule has 1 aliphatic rings. The Balaban J connectivity index is 1.85. The van der Waals surface area contributed by atoms with E-state index in [2.05, 4.69) is 24.5 Å². The molecule has 0 aromatic heterocycles. The van der Waals surface area contributed by atoms with Crippen molar-refractivity contribution in [1.29, 1.82) is 0 Å². The van der Waals surface area contributed by atoms with Gasteiger partial charge in [0.15, 0.2) is 11.5 Å². The van der Waals surface area contributed by atoms with Crippen LogP contribution in [0.5, 0.6) is 11.5 Å². The maximum atomic E-state index is 5.53. The van der Waals surface area contributed by atoms with Gasteiger partial charge in [-0.25, -0.2) is 0 Å². The quantitative estimate of drug-likeness (QED) is 0.766. The summed E-state index contributed by atoms with van der Waals surface area (Å²) in [4.78, 5) is 0. The summed E-state index contributed by atoms with van der Waals surface area (Å²) < 4.78 is 11.0. The molecule has 0 radical (unpaired) electrons. The maximum absolute atomic E-state index is 5.53. The third-order valence-electron chi connectivity index (χ3n) is 2.55. The maximum Gasteiger partial charge on any atom is 0.163 e. The standard InChI is InChI=1S/C13H20N2O2/c1-10(2)14-5-6-15-11-3-4-12-13(9-11)17-8-7-16-12/h3-4,9-10,14-15H,5-8H2,1-2H3. The summed E-state index contributed by atoms with van der Waals surface area (Å²) in [6, 6.07) is 6.48. The predicted molar refractivity (Wildman–Crippen MR) is 69.1 cm³/mol. The lowest BCUT2D eigenvalue weighted by Crippen LogP contribution is -2.28. The SMILES string of the molecule is CC(C)NCCNc1ccc2c(c1)OCCO2. The molecule has 2 rings (SSSR count). The van der Waals surface area contributed by atoms with Crippen LogP contribution in [0.2, 0.25) is 0 Å². The molecule has 17 heavy (non-hydrogen) atoms. The van der Waals surface area contributed by atoms with Crippen LogP contribution in [0, 0.1) is 0 Å². The number of hydrogen-bond donors (Lipinski definition) is 2. The number of fused-ring (bicyclic) bond motifs is 1. The molecule has 0 amide bonds. The lowest BCUT2D eigenvalue weighted by molar-refractivity contribution is 0.171. The first-order chi connectivity index (χ1) is 8.25. The molecule has 4 heteroatoms. The minimum atomic E-state index is 0.525. The zero-order valence-electron chi connectivity index (χ0n) is 10.5. The topological polar surface area (TPSA) is 42.5 Å². The minimum Gasteiger partial charge on any atom is -0.486 e. The van der Waals surface area contributed by atoms with Gasteiger partial charge >= 0.3 is 0 Å². The molecule has 0 aliphatic carbocycles. The summed E-state index contributed by atoms with van der Waals surface area (Å²) in [6.07, 6.45) is 0. The second-order valence-corrected chi connectivity index (χ2v) is 4.39. The van der Waals surface area contributed by atoms with E-state index in [1.165, 1.54) is 0 Å². The highest BCUT2D eigenvalue weighted by atomic mass is 16.6. The van der Waals surface area contributed by atoms with Gasteiger partial charge < -0.3 is 20.1 Å². The van der Waals surface area contributed by atoms with E-state index >= 15 is 0 Å². The molecule has 0 bridgehead atoms. The van der Waals surface area contributed by atoms with E-state index in [0.717, 1.165) is 30.3 Å². The molecule has 2 N–H and O–H groups in total. The van der Waals surface area contributed by atoms with Gasteiger partial charge in [-0.1, -0.05) is 13.8 Å². The number of nitrogens with one attached hydrogen (secondary N) is 2. The molecule has 0 saturated heterocycles. The summed E-state index contributed by atoms with van der Waals surface area (Å²) in [5.41, 5.74) is 1.07. The molecule has 0 atom stereocenters. The fourth-order valence-corrected chi connectivity index (χ4v) is 1.72. The molecular formula is C13H20N2O2. The zero-order valence-corrected chi connectivity index (χ0v) is 10.5. The van der Waals surface area contributed by atoms with E-state index < -0.39 is 0 Å². The van der Waals surface area contributed by atoms with Gasteiger partial charge in [0.25, 0.3) is 0 Å². The van der Waals surface area contributed by atoms with Crippen molar-refractivity contribution < 1.29 is 9.47 Å². The van der Waals surface area contributed by atoms with E-state index in [-0.39, 0.29) is 0 Å². The van der Waals surface area contributed by atoms with E-state index in [1.54, 1.807) is 0 Å². The first-order valence-electron chi connectivity index (χ1n) is 6.12. The normalized spacial score (nSPS) is 13.8. The molecule has 4 nitrogen and oxygen atoms in total. The monoisotopic (exact) mass is 236 g/mol. The summed E-state index contributed by atoms with van der Waals surface area (Å²) >= 11 is 0. The molecule has 0 saturated carbocycles. The van der Waals surface area contributed by atoms with Crippen LogP contribution in [-0.4, -0.2) is 32.3 Å². The molecule has 0 unspecified atom stereocenters. The zero-order chi connectivity index (χ0) is 12.1. The van der Waals surface area contributed by atoms with Crippen LogP contribution in [0.25, 0.3) is 0 Å². The molecule has 1 aromatic rings. The van der Waals surface area contributed by atoms with Crippen molar-refractivity contribution in [2.45, 2.75) is 19.9 Å². The number of benzene rings is 1. The Labute approximate surface area is 102 Å². The van der Waals surface area contributed by atoms with Crippen LogP contribution in [0.3, 0.4) is 0 Å². The van der Waals surface area contributed by atoms with Crippen LogP contribution in [0.1, 0.15) is 13.8 Å². The Kier molecular flexibility index (Phi) is 4.09. The van der Waals surface area contributed by atoms with Crippen molar-refractivity contribution in [1.82, 2.24) is 5.32 Å². The van der Waals surface area contributed by atoms with Gasteiger partial charge in [0.1, 0.15) is 13.2 Å². The van der Waals surface area contributed by atoms with E-state index in [9.17, 15) is 0 Å². The second-order valence-electron chi connectivity index (χ2n) is 4.39. The highest BCUT2D eigenvalue weighted by Crippen LogP contribution is 2.32. The van der Waals surface area contributed by atoms with Crippen molar-refractivity contribution in [2.24, 2.45) is 0 Å². The Morgan fingerprint density at radius 2 is 1.88 bits per heavy atom. The van der Waals surface area contributed by atoms with Gasteiger partial charge in [-0.2, -0.15) is 0 Å². The Morgan fingerprint density at radius 1 is 1.12 bits per heavy atom. The van der Waals surface area contributed by atoms with Gasteiger partial charge in [0, 0.05) is 30.9 Å². The third-order valence-corrected chi connectivity index (χ3v) is 2.55. The average Bonchev–Trinajstić information content (AvgIpc) is 2.34. The lowest BCUT2D eigenvalue weighted by Gasteiger charge is -2.19. The van der Waals surface area contributed by atoms with Gasteiger partial charge in [0.2, 0.25) is 0 Å². The van der Waals surface area contributed by atoms with Crippen molar-refractivity contribution >= 4 is 5.69 Å². The number of ether oxygens (including phenoxy) is 2. The van der Waals surface area contributed by atoms with Crippen LogP contribution in [0.4, 0.5) is 5.69 Å². The smallest absolute Gasteiger partial charge is 0.163 e. The van der Waals surface area contributed by atoms with Crippen molar-refractivity contribution in [3.63, 3.8) is 0 Å². The van der Waals surface area contributed by atoms with E-state index in [1.807, 2.05) is 18.2 Å². The lowest BCUT2D eigenvalue weighted by atomic mass is 10.2. The van der Waals surface area contributed by atoms with E-state index in [4.69, 9.17) is 9.47 Å². The summed E-state index contributed by atoms with van der Waals surface area (Å²) in [5, 5.41) is 6.71. The number of hydrogen-bond acceptors (Lipinski definition) is 4. The fourth-order valence-electron chi connectivity index (χ4n) is 1.72. The molecule has 1 heterocycles. The fraction of sp³-hybridized carbons (Fsp3) is 0.538. The van der Waals surface area contributed by atoms with Crippen LogP contribution in [0.15, 0.2) is 18.2 Å². The number of rotatable bonds is 5. The molecular weight excluding hydrogens is 216 g/mol. The molecule has 0 spiro atoms. The Hall–Kier alpha value is -1.42. The van der Waals surface area contributed by atoms with Crippen LogP contribution in [-0.2, 0) is 0 Å².